The molecule has 1 amide bonds. The first-order valence-electron chi connectivity index (χ1n) is 8.05. The molecule has 1 aliphatic rings. The van der Waals surface area contributed by atoms with Gasteiger partial charge in [0.25, 0.3) is 0 Å². The number of hydrogen-bond donors (Lipinski definition) is 1. The third-order valence-corrected chi connectivity index (χ3v) is 3.93. The molecule has 0 radical (unpaired) electrons. The summed E-state index contributed by atoms with van der Waals surface area (Å²) in [7, 11) is 1.40. The van der Waals surface area contributed by atoms with Gasteiger partial charge in [-0.25, -0.2) is 9.78 Å². The minimum Gasteiger partial charge on any atom is -0.493 e. The van der Waals surface area contributed by atoms with E-state index in [0.29, 0.717) is 13.2 Å². The summed E-state index contributed by atoms with van der Waals surface area (Å²) >= 11 is 0. The zero-order valence-electron chi connectivity index (χ0n) is 13.9. The fraction of sp³-hybridized carbons (Fsp3) is 0.333. The van der Waals surface area contributed by atoms with E-state index in [4.69, 9.17) is 9.47 Å². The Balaban J connectivity index is 2.00. The second-order valence-electron chi connectivity index (χ2n) is 5.56. The number of rotatable bonds is 4. The van der Waals surface area contributed by atoms with Gasteiger partial charge >= 0.3 is 6.09 Å². The summed E-state index contributed by atoms with van der Waals surface area (Å²) in [5.74, 6) is 0.827. The molecule has 0 spiro atoms. The minimum absolute atomic E-state index is 0.355. The van der Waals surface area contributed by atoms with E-state index in [9.17, 15) is 4.79 Å². The topological polar surface area (TPSA) is 67.5 Å². The van der Waals surface area contributed by atoms with Gasteiger partial charge in [0.05, 0.1) is 25.7 Å². The van der Waals surface area contributed by atoms with Gasteiger partial charge in [-0.2, -0.15) is 0 Å². The lowest BCUT2D eigenvalue weighted by Crippen LogP contribution is -2.31. The van der Waals surface area contributed by atoms with Crippen LogP contribution >= 0.6 is 0 Å². The van der Waals surface area contributed by atoms with Gasteiger partial charge in [-0.1, -0.05) is 6.92 Å². The van der Waals surface area contributed by atoms with Crippen molar-refractivity contribution in [3.05, 3.63) is 42.0 Å². The molecule has 3 rings (SSSR count). The van der Waals surface area contributed by atoms with Crippen molar-refractivity contribution >= 4 is 23.4 Å². The van der Waals surface area contributed by atoms with E-state index in [1.165, 1.54) is 7.11 Å². The maximum Gasteiger partial charge on any atom is 0.413 e. The third kappa shape index (κ3) is 3.27. The van der Waals surface area contributed by atoms with Crippen LogP contribution in [-0.4, -0.2) is 36.3 Å². The van der Waals surface area contributed by atoms with Crippen molar-refractivity contribution < 1.29 is 14.3 Å². The number of nitrogens with one attached hydrogen (secondary N) is 1. The molecule has 24 heavy (non-hydrogen) atoms. The highest BCUT2D eigenvalue weighted by molar-refractivity contribution is 5.91. The molecule has 0 bridgehead atoms. The van der Waals surface area contributed by atoms with E-state index in [1.54, 1.807) is 11.2 Å². The SMILES string of the molecule is CCCN(C(=O)OC)c1ccc2c(c1)/C(=C/c1c[nH]cn1)CCO2. The number of amides is 1. The van der Waals surface area contributed by atoms with Crippen molar-refractivity contribution in [2.45, 2.75) is 19.8 Å². The Morgan fingerprint density at radius 3 is 3.08 bits per heavy atom. The fourth-order valence-corrected chi connectivity index (χ4v) is 2.81. The molecule has 0 fully saturated rings. The summed E-state index contributed by atoms with van der Waals surface area (Å²) in [6, 6.07) is 5.79. The van der Waals surface area contributed by atoms with Crippen LogP contribution in [0.1, 0.15) is 31.0 Å². The molecule has 1 aromatic heterocycles. The molecule has 0 saturated heterocycles. The van der Waals surface area contributed by atoms with Crippen molar-refractivity contribution in [3.63, 3.8) is 0 Å². The second-order valence-corrected chi connectivity index (χ2v) is 5.56. The second kappa shape index (κ2) is 7.21. The molecule has 1 aromatic carbocycles. The van der Waals surface area contributed by atoms with Crippen molar-refractivity contribution in [2.24, 2.45) is 0 Å². The largest absolute Gasteiger partial charge is 0.493 e. The summed E-state index contributed by atoms with van der Waals surface area (Å²) in [5.41, 5.74) is 3.82. The number of carbonyl (C=O) groups excluding carboxylic acids is 1. The Bertz CT molecular complexity index is 738. The highest BCUT2D eigenvalue weighted by Gasteiger charge is 2.20. The maximum absolute atomic E-state index is 12.1. The minimum atomic E-state index is -0.355. The van der Waals surface area contributed by atoms with Crippen LogP contribution in [0.25, 0.3) is 11.6 Å². The Morgan fingerprint density at radius 1 is 1.50 bits per heavy atom. The average Bonchev–Trinajstić information content (AvgIpc) is 3.12. The predicted octanol–water partition coefficient (Wildman–Crippen LogP) is 3.72. The van der Waals surface area contributed by atoms with Crippen molar-refractivity contribution in [2.75, 3.05) is 25.2 Å². The summed E-state index contributed by atoms with van der Waals surface area (Å²) in [6.45, 7) is 3.27. The lowest BCUT2D eigenvalue weighted by molar-refractivity contribution is 0.178. The van der Waals surface area contributed by atoms with Gasteiger partial charge < -0.3 is 14.5 Å². The van der Waals surface area contributed by atoms with Gasteiger partial charge in [-0.15, -0.1) is 0 Å². The quantitative estimate of drug-likeness (QED) is 0.929. The molecule has 0 aliphatic carbocycles. The van der Waals surface area contributed by atoms with E-state index in [2.05, 4.69) is 9.97 Å². The van der Waals surface area contributed by atoms with Gasteiger partial charge in [0, 0.05) is 30.4 Å². The standard InChI is InChI=1S/C18H21N3O3/c1-3-7-21(18(22)23-2)15-4-5-17-16(10-15)13(6-8-24-17)9-14-11-19-12-20-14/h4-5,9-12H,3,6-8H2,1-2H3,(H,19,20)/b13-9+. The van der Waals surface area contributed by atoms with Crippen LogP contribution in [0, 0.1) is 0 Å². The van der Waals surface area contributed by atoms with Crippen LogP contribution in [0.3, 0.4) is 0 Å². The molecular formula is C18H21N3O3. The number of methoxy groups -OCH3 is 1. The van der Waals surface area contributed by atoms with Crippen molar-refractivity contribution in [3.8, 4) is 5.75 Å². The number of imidazole rings is 1. The van der Waals surface area contributed by atoms with Crippen LogP contribution in [0.2, 0.25) is 0 Å². The molecule has 126 valence electrons. The highest BCUT2D eigenvalue weighted by atomic mass is 16.5. The summed E-state index contributed by atoms with van der Waals surface area (Å²) in [5, 5.41) is 0. The predicted molar refractivity (Wildman–Crippen MR) is 93.1 cm³/mol. The molecule has 6 nitrogen and oxygen atoms in total. The molecule has 2 aromatic rings. The highest BCUT2D eigenvalue weighted by Crippen LogP contribution is 2.36. The third-order valence-electron chi connectivity index (χ3n) is 3.93. The zero-order chi connectivity index (χ0) is 16.9. The van der Waals surface area contributed by atoms with Gasteiger partial charge in [-0.3, -0.25) is 4.90 Å². The number of ether oxygens (including phenoxy) is 2. The molecule has 0 atom stereocenters. The van der Waals surface area contributed by atoms with Crippen LogP contribution in [-0.2, 0) is 4.74 Å². The zero-order valence-corrected chi connectivity index (χ0v) is 13.9. The normalized spacial score (nSPS) is 14.8. The van der Waals surface area contributed by atoms with Crippen LogP contribution in [0.15, 0.2) is 30.7 Å². The van der Waals surface area contributed by atoms with Crippen molar-refractivity contribution in [1.82, 2.24) is 9.97 Å². The Labute approximate surface area is 141 Å². The fourth-order valence-electron chi connectivity index (χ4n) is 2.81. The smallest absolute Gasteiger partial charge is 0.413 e. The number of fused-ring (bicyclic) bond motifs is 1. The number of anilines is 1. The number of H-pyrrole nitrogens is 1. The number of aromatic nitrogens is 2. The Morgan fingerprint density at radius 2 is 2.38 bits per heavy atom. The van der Waals surface area contributed by atoms with E-state index >= 15 is 0 Å². The van der Waals surface area contributed by atoms with E-state index in [-0.39, 0.29) is 6.09 Å². The summed E-state index contributed by atoms with van der Waals surface area (Å²) in [4.78, 5) is 20.9. The average molecular weight is 327 g/mol. The molecule has 1 aliphatic heterocycles. The summed E-state index contributed by atoms with van der Waals surface area (Å²) in [6.07, 6.45) is 6.84. The monoisotopic (exact) mass is 327 g/mol. The van der Waals surface area contributed by atoms with E-state index < -0.39 is 0 Å². The maximum atomic E-state index is 12.1. The molecule has 1 N–H and O–H groups in total. The van der Waals surface area contributed by atoms with Gasteiger partial charge in [0.1, 0.15) is 5.75 Å². The number of aromatic amines is 1. The molecule has 0 unspecified atom stereocenters. The lowest BCUT2D eigenvalue weighted by atomic mass is 9.98. The Kier molecular flexibility index (Phi) is 4.84. The van der Waals surface area contributed by atoms with Gasteiger partial charge in [0.2, 0.25) is 0 Å². The van der Waals surface area contributed by atoms with Crippen LogP contribution in [0.4, 0.5) is 10.5 Å². The summed E-state index contributed by atoms with van der Waals surface area (Å²) < 4.78 is 10.7. The first-order chi connectivity index (χ1) is 11.7. The molecule has 6 heteroatoms. The number of carbonyl (C=O) groups is 1. The first kappa shape index (κ1) is 16.1. The Hall–Kier alpha value is -2.76. The van der Waals surface area contributed by atoms with Crippen LogP contribution in [0.5, 0.6) is 5.75 Å². The molecule has 0 saturated carbocycles. The van der Waals surface area contributed by atoms with E-state index in [0.717, 1.165) is 41.1 Å². The first-order valence-corrected chi connectivity index (χ1v) is 8.05. The molecule has 2 heterocycles. The number of nitrogens with zero attached hydrogens (tertiary/aromatic N) is 2. The van der Waals surface area contributed by atoms with Gasteiger partial charge in [0.15, 0.2) is 0 Å². The van der Waals surface area contributed by atoms with E-state index in [1.807, 2.05) is 37.4 Å². The number of hydrogen-bond acceptors (Lipinski definition) is 4. The van der Waals surface area contributed by atoms with Gasteiger partial charge in [-0.05, 0) is 36.3 Å². The van der Waals surface area contributed by atoms with Crippen LogP contribution < -0.4 is 9.64 Å². The van der Waals surface area contributed by atoms with Crippen molar-refractivity contribution in [1.29, 1.82) is 0 Å². The lowest BCUT2D eigenvalue weighted by Gasteiger charge is -2.25. The number of benzene rings is 1. The molecular weight excluding hydrogens is 306 g/mol.